The summed E-state index contributed by atoms with van der Waals surface area (Å²) in [5.41, 5.74) is 2.23. The molecular weight excluding hydrogens is 350 g/mol. The Labute approximate surface area is 162 Å². The Morgan fingerprint density at radius 2 is 1.36 bits per heavy atom. The lowest BCUT2D eigenvalue weighted by Crippen LogP contribution is -2.30. The van der Waals surface area contributed by atoms with Crippen molar-refractivity contribution < 1.29 is 4.79 Å². The number of aromatic amines is 1. The number of carbonyl (C=O) groups is 1. The van der Waals surface area contributed by atoms with Gasteiger partial charge in [-0.05, 0) is 17.2 Å². The molecule has 0 spiro atoms. The average molecular weight is 369 g/mol. The number of hydrogen-bond acceptors (Lipinski definition) is 3. The summed E-state index contributed by atoms with van der Waals surface area (Å²) in [7, 11) is 0. The molecule has 1 aromatic heterocycles. The number of nitrogens with one attached hydrogen (secondary N) is 2. The molecule has 3 aromatic carbocycles. The number of hydrogen-bond donors (Lipinski definition) is 2. The molecule has 5 heteroatoms. The summed E-state index contributed by atoms with van der Waals surface area (Å²) in [6.07, 6.45) is 0. The molecule has 0 saturated heterocycles. The molecule has 5 nitrogen and oxygen atoms in total. The van der Waals surface area contributed by atoms with Crippen molar-refractivity contribution in [3.05, 3.63) is 112 Å². The molecule has 4 rings (SSSR count). The minimum absolute atomic E-state index is 0.116. The van der Waals surface area contributed by atoms with Gasteiger partial charge in [-0.3, -0.25) is 9.59 Å². The highest BCUT2D eigenvalue weighted by Gasteiger charge is 2.22. The van der Waals surface area contributed by atoms with E-state index in [1.54, 1.807) is 12.1 Å². The van der Waals surface area contributed by atoms with E-state index in [0.29, 0.717) is 11.1 Å². The molecule has 28 heavy (non-hydrogen) atoms. The van der Waals surface area contributed by atoms with E-state index in [9.17, 15) is 9.59 Å². The fraction of sp³-hybridized carbons (Fsp3) is 0.0870. The summed E-state index contributed by atoms with van der Waals surface area (Å²) in [4.78, 5) is 25.1. The van der Waals surface area contributed by atoms with E-state index in [2.05, 4.69) is 15.5 Å². The van der Waals surface area contributed by atoms with Crippen molar-refractivity contribution in [1.29, 1.82) is 0 Å². The van der Waals surface area contributed by atoms with Crippen LogP contribution in [-0.4, -0.2) is 16.1 Å². The SMILES string of the molecule is O=C(NCc1n[nH]c(=O)c2ccccc12)C(c1ccccc1)c1ccccc1. The first-order valence-electron chi connectivity index (χ1n) is 9.08. The van der Waals surface area contributed by atoms with Crippen molar-refractivity contribution in [2.75, 3.05) is 0 Å². The van der Waals surface area contributed by atoms with Crippen LogP contribution in [0.3, 0.4) is 0 Å². The average Bonchev–Trinajstić information content (AvgIpc) is 2.75. The second kappa shape index (κ2) is 7.88. The Hall–Kier alpha value is -3.73. The van der Waals surface area contributed by atoms with E-state index in [0.717, 1.165) is 16.5 Å². The fourth-order valence-electron chi connectivity index (χ4n) is 3.37. The molecule has 138 valence electrons. The third kappa shape index (κ3) is 3.55. The molecule has 0 aliphatic carbocycles. The lowest BCUT2D eigenvalue weighted by molar-refractivity contribution is -0.121. The van der Waals surface area contributed by atoms with Gasteiger partial charge in [0.15, 0.2) is 0 Å². The summed E-state index contributed by atoms with van der Waals surface area (Å²) in [5.74, 6) is -0.536. The van der Waals surface area contributed by atoms with Gasteiger partial charge in [0, 0.05) is 5.39 Å². The van der Waals surface area contributed by atoms with Crippen LogP contribution in [0.2, 0.25) is 0 Å². The van der Waals surface area contributed by atoms with E-state index in [-0.39, 0.29) is 18.0 Å². The molecule has 0 atom stereocenters. The van der Waals surface area contributed by atoms with Crippen LogP contribution in [0.4, 0.5) is 0 Å². The summed E-state index contributed by atoms with van der Waals surface area (Å²) >= 11 is 0. The Morgan fingerprint density at radius 3 is 1.96 bits per heavy atom. The first-order valence-corrected chi connectivity index (χ1v) is 9.08. The zero-order valence-corrected chi connectivity index (χ0v) is 15.1. The second-order valence-corrected chi connectivity index (χ2v) is 6.52. The maximum absolute atomic E-state index is 13.1. The van der Waals surface area contributed by atoms with Crippen LogP contribution >= 0.6 is 0 Å². The fourth-order valence-corrected chi connectivity index (χ4v) is 3.37. The molecule has 2 N–H and O–H groups in total. The van der Waals surface area contributed by atoms with Crippen molar-refractivity contribution in [2.24, 2.45) is 0 Å². The van der Waals surface area contributed by atoms with Crippen LogP contribution in [0.1, 0.15) is 22.7 Å². The van der Waals surface area contributed by atoms with Crippen molar-refractivity contribution in [3.8, 4) is 0 Å². The number of fused-ring (bicyclic) bond motifs is 1. The van der Waals surface area contributed by atoms with Crippen molar-refractivity contribution in [2.45, 2.75) is 12.5 Å². The summed E-state index contributed by atoms with van der Waals surface area (Å²) in [5, 5.41) is 10.9. The second-order valence-electron chi connectivity index (χ2n) is 6.52. The van der Waals surface area contributed by atoms with Crippen molar-refractivity contribution >= 4 is 16.7 Å². The number of nitrogens with zero attached hydrogens (tertiary/aromatic N) is 1. The predicted molar refractivity (Wildman–Crippen MR) is 109 cm³/mol. The van der Waals surface area contributed by atoms with Gasteiger partial charge in [0.1, 0.15) is 0 Å². The normalized spacial score (nSPS) is 10.9. The molecule has 0 bridgehead atoms. The molecule has 0 unspecified atom stereocenters. The maximum Gasteiger partial charge on any atom is 0.272 e. The van der Waals surface area contributed by atoms with Crippen molar-refractivity contribution in [1.82, 2.24) is 15.5 Å². The van der Waals surface area contributed by atoms with E-state index < -0.39 is 5.92 Å². The van der Waals surface area contributed by atoms with Crippen LogP contribution in [0.5, 0.6) is 0 Å². The molecule has 1 heterocycles. The van der Waals surface area contributed by atoms with Crippen LogP contribution in [-0.2, 0) is 11.3 Å². The van der Waals surface area contributed by atoms with Crippen LogP contribution in [0.15, 0.2) is 89.7 Å². The third-order valence-electron chi connectivity index (χ3n) is 4.73. The third-order valence-corrected chi connectivity index (χ3v) is 4.73. The highest BCUT2D eigenvalue weighted by atomic mass is 16.2. The molecule has 0 radical (unpaired) electrons. The molecule has 0 aliphatic heterocycles. The van der Waals surface area contributed by atoms with Crippen molar-refractivity contribution in [3.63, 3.8) is 0 Å². The molecule has 1 amide bonds. The molecular formula is C23H19N3O2. The molecule has 4 aromatic rings. The Balaban J connectivity index is 1.63. The number of carbonyl (C=O) groups excluding carboxylic acids is 1. The van der Waals surface area contributed by atoms with E-state index in [4.69, 9.17) is 0 Å². The van der Waals surface area contributed by atoms with Gasteiger partial charge in [-0.2, -0.15) is 5.10 Å². The molecule has 0 aliphatic rings. The number of rotatable bonds is 5. The number of H-pyrrole nitrogens is 1. The van der Waals surface area contributed by atoms with Crippen LogP contribution in [0.25, 0.3) is 10.8 Å². The largest absolute Gasteiger partial charge is 0.350 e. The van der Waals surface area contributed by atoms with Gasteiger partial charge in [-0.15, -0.1) is 0 Å². The smallest absolute Gasteiger partial charge is 0.272 e. The summed E-state index contributed by atoms with van der Waals surface area (Å²) < 4.78 is 0. The van der Waals surface area contributed by atoms with E-state index >= 15 is 0 Å². The molecule has 0 fully saturated rings. The first kappa shape index (κ1) is 17.7. The monoisotopic (exact) mass is 369 g/mol. The lowest BCUT2D eigenvalue weighted by Gasteiger charge is -2.18. The van der Waals surface area contributed by atoms with Gasteiger partial charge in [0.05, 0.1) is 23.5 Å². The summed E-state index contributed by atoms with van der Waals surface area (Å²) in [6, 6.07) is 26.6. The van der Waals surface area contributed by atoms with Gasteiger partial charge >= 0.3 is 0 Å². The minimum Gasteiger partial charge on any atom is -0.350 e. The standard InChI is InChI=1S/C23H19N3O2/c27-22-19-14-8-7-13-18(19)20(25-26-22)15-24-23(28)21(16-9-3-1-4-10-16)17-11-5-2-6-12-17/h1-14,21H,15H2,(H,24,28)(H,26,27). The van der Waals surface area contributed by atoms with Gasteiger partial charge in [0.25, 0.3) is 5.56 Å². The highest BCUT2D eigenvalue weighted by molar-refractivity contribution is 5.88. The van der Waals surface area contributed by atoms with Gasteiger partial charge in [-0.1, -0.05) is 78.9 Å². The van der Waals surface area contributed by atoms with E-state index in [1.807, 2.05) is 72.8 Å². The maximum atomic E-state index is 13.1. The zero-order valence-electron chi connectivity index (χ0n) is 15.1. The quantitative estimate of drug-likeness (QED) is 0.566. The first-order chi connectivity index (χ1) is 13.7. The van der Waals surface area contributed by atoms with Gasteiger partial charge in [-0.25, -0.2) is 5.10 Å². The Morgan fingerprint density at radius 1 is 0.821 bits per heavy atom. The number of aromatic nitrogens is 2. The van der Waals surface area contributed by atoms with Gasteiger partial charge in [0.2, 0.25) is 5.91 Å². The van der Waals surface area contributed by atoms with Crippen LogP contribution < -0.4 is 10.9 Å². The zero-order chi connectivity index (χ0) is 19.3. The predicted octanol–water partition coefficient (Wildman–Crippen LogP) is 3.37. The number of amides is 1. The number of benzene rings is 3. The lowest BCUT2D eigenvalue weighted by atomic mass is 9.90. The van der Waals surface area contributed by atoms with E-state index in [1.165, 1.54) is 0 Å². The van der Waals surface area contributed by atoms with Crippen LogP contribution in [0, 0.1) is 0 Å². The van der Waals surface area contributed by atoms with Gasteiger partial charge < -0.3 is 5.32 Å². The Bertz CT molecular complexity index is 1120. The minimum atomic E-state index is -0.420. The highest BCUT2D eigenvalue weighted by Crippen LogP contribution is 2.25. The Kier molecular flexibility index (Phi) is 4.97. The summed E-state index contributed by atoms with van der Waals surface area (Å²) in [6.45, 7) is 0.228. The molecule has 0 saturated carbocycles. The topological polar surface area (TPSA) is 74.8 Å².